The van der Waals surface area contributed by atoms with Gasteiger partial charge < -0.3 is 10.6 Å². The molecule has 0 spiro atoms. The SMILES string of the molecule is Cc1ccc(NC(=O)NN)c(C)c1.O=C1CC(c2ccc(Br)cc2)Nc2ccccc21. The molecule has 1 heterocycles. The molecule has 1 aliphatic rings. The van der Waals surface area contributed by atoms with Crippen LogP contribution in [0.2, 0.25) is 0 Å². The Morgan fingerprint density at radius 3 is 2.45 bits per heavy atom. The fourth-order valence-electron chi connectivity index (χ4n) is 3.39. The summed E-state index contributed by atoms with van der Waals surface area (Å²) in [7, 11) is 0. The molecule has 0 bridgehead atoms. The van der Waals surface area contributed by atoms with Crippen molar-refractivity contribution in [1.82, 2.24) is 5.43 Å². The average Bonchev–Trinajstić information content (AvgIpc) is 2.76. The molecule has 4 rings (SSSR count). The number of nitrogens with two attached hydrogens (primary N) is 1. The number of benzene rings is 3. The largest absolute Gasteiger partial charge is 0.377 e. The van der Waals surface area contributed by atoms with Crippen molar-refractivity contribution >= 4 is 39.1 Å². The van der Waals surface area contributed by atoms with Crippen molar-refractivity contribution in [2.45, 2.75) is 26.3 Å². The van der Waals surface area contributed by atoms with Crippen molar-refractivity contribution in [1.29, 1.82) is 0 Å². The van der Waals surface area contributed by atoms with E-state index in [1.807, 2.05) is 86.0 Å². The standard InChI is InChI=1S/C15H12BrNO.C9H13N3O/c16-11-7-5-10(6-8-11)14-9-15(18)12-3-1-2-4-13(12)17-14;1-6-3-4-8(7(2)5-6)11-9(13)12-10/h1-8,14,17H,9H2;3-5H,10H2,1-2H3,(H2,11,12,13). The molecule has 5 N–H and O–H groups in total. The smallest absolute Gasteiger partial charge is 0.333 e. The van der Waals surface area contributed by atoms with Crippen LogP contribution in [-0.2, 0) is 0 Å². The number of Topliss-reactive ketones (excluding diaryl/α,β-unsaturated/α-hetero) is 1. The highest BCUT2D eigenvalue weighted by Crippen LogP contribution is 2.32. The quantitative estimate of drug-likeness (QED) is 0.221. The second kappa shape index (κ2) is 10.2. The van der Waals surface area contributed by atoms with E-state index in [0.717, 1.165) is 38.1 Å². The molecule has 0 aliphatic carbocycles. The molecule has 0 fully saturated rings. The Bertz CT molecular complexity index is 1080. The number of hydrazine groups is 1. The summed E-state index contributed by atoms with van der Waals surface area (Å²) in [4.78, 5) is 23.0. The number of aryl methyl sites for hydroxylation is 2. The third kappa shape index (κ3) is 5.93. The zero-order valence-electron chi connectivity index (χ0n) is 17.4. The van der Waals surface area contributed by atoms with Crippen molar-refractivity contribution in [3.8, 4) is 0 Å². The summed E-state index contributed by atoms with van der Waals surface area (Å²) < 4.78 is 1.05. The summed E-state index contributed by atoms with van der Waals surface area (Å²) in [5, 5.41) is 6.04. The first-order valence-electron chi connectivity index (χ1n) is 9.86. The lowest BCUT2D eigenvalue weighted by Crippen LogP contribution is -2.34. The van der Waals surface area contributed by atoms with Crippen LogP contribution in [0.1, 0.15) is 39.5 Å². The van der Waals surface area contributed by atoms with E-state index in [4.69, 9.17) is 5.84 Å². The highest BCUT2D eigenvalue weighted by atomic mass is 79.9. The minimum Gasteiger partial charge on any atom is -0.377 e. The maximum absolute atomic E-state index is 12.1. The summed E-state index contributed by atoms with van der Waals surface area (Å²) in [5.41, 5.74) is 7.83. The summed E-state index contributed by atoms with van der Waals surface area (Å²) >= 11 is 3.42. The van der Waals surface area contributed by atoms with E-state index >= 15 is 0 Å². The zero-order chi connectivity index (χ0) is 22.4. The van der Waals surface area contributed by atoms with Gasteiger partial charge in [0.15, 0.2) is 5.78 Å². The monoisotopic (exact) mass is 480 g/mol. The number of hydrogen-bond donors (Lipinski definition) is 4. The van der Waals surface area contributed by atoms with E-state index < -0.39 is 6.03 Å². The first kappa shape index (κ1) is 22.5. The highest BCUT2D eigenvalue weighted by molar-refractivity contribution is 9.10. The predicted octanol–water partition coefficient (Wildman–Crippen LogP) is 5.49. The van der Waals surface area contributed by atoms with Crippen LogP contribution in [-0.4, -0.2) is 11.8 Å². The second-order valence-corrected chi connectivity index (χ2v) is 8.25. The maximum atomic E-state index is 12.1. The number of halogens is 1. The fourth-order valence-corrected chi connectivity index (χ4v) is 3.66. The number of ketones is 1. The van der Waals surface area contributed by atoms with E-state index in [9.17, 15) is 9.59 Å². The van der Waals surface area contributed by atoms with Gasteiger partial charge in [0.25, 0.3) is 0 Å². The lowest BCUT2D eigenvalue weighted by Gasteiger charge is -2.26. The Balaban J connectivity index is 0.000000187. The number of hydrogen-bond acceptors (Lipinski definition) is 4. The molecule has 3 aromatic rings. The average molecular weight is 481 g/mol. The molecule has 0 aromatic heterocycles. The van der Waals surface area contributed by atoms with Crippen molar-refractivity contribution in [2.75, 3.05) is 10.6 Å². The van der Waals surface area contributed by atoms with Crippen LogP contribution in [0.25, 0.3) is 0 Å². The molecule has 1 atom stereocenters. The van der Waals surface area contributed by atoms with Crippen molar-refractivity contribution in [3.63, 3.8) is 0 Å². The van der Waals surface area contributed by atoms with Crippen LogP contribution < -0.4 is 21.9 Å². The van der Waals surface area contributed by atoms with Gasteiger partial charge in [0.2, 0.25) is 0 Å². The Kier molecular flexibility index (Phi) is 7.44. The molecule has 0 radical (unpaired) electrons. The topological polar surface area (TPSA) is 96.2 Å². The first-order chi connectivity index (χ1) is 14.9. The number of rotatable bonds is 2. The van der Waals surface area contributed by atoms with E-state index in [-0.39, 0.29) is 11.8 Å². The van der Waals surface area contributed by atoms with Gasteiger partial charge in [-0.3, -0.25) is 10.2 Å². The van der Waals surface area contributed by atoms with Crippen LogP contribution in [0.15, 0.2) is 71.2 Å². The third-order valence-corrected chi connectivity index (χ3v) is 5.51. The van der Waals surface area contributed by atoms with Gasteiger partial charge in [-0.2, -0.15) is 0 Å². The van der Waals surface area contributed by atoms with Crippen molar-refractivity contribution in [2.24, 2.45) is 5.84 Å². The normalized spacial score (nSPS) is 14.5. The minimum atomic E-state index is -0.410. The number of anilines is 2. The van der Waals surface area contributed by atoms with Crippen molar-refractivity contribution < 1.29 is 9.59 Å². The number of amides is 2. The maximum Gasteiger partial charge on any atom is 0.333 e. The Morgan fingerprint density at radius 1 is 1.06 bits per heavy atom. The van der Waals surface area contributed by atoms with Crippen LogP contribution >= 0.6 is 15.9 Å². The molecule has 6 nitrogen and oxygen atoms in total. The Morgan fingerprint density at radius 2 is 1.77 bits per heavy atom. The third-order valence-electron chi connectivity index (χ3n) is 4.98. The van der Waals surface area contributed by atoms with Gasteiger partial charge in [-0.15, -0.1) is 0 Å². The number of para-hydroxylation sites is 1. The summed E-state index contributed by atoms with van der Waals surface area (Å²) in [5.74, 6) is 5.14. The van der Waals surface area contributed by atoms with E-state index in [1.54, 1.807) is 0 Å². The van der Waals surface area contributed by atoms with E-state index in [0.29, 0.717) is 6.42 Å². The van der Waals surface area contributed by atoms with Crippen LogP contribution in [0, 0.1) is 13.8 Å². The van der Waals surface area contributed by atoms with Gasteiger partial charge >= 0.3 is 6.03 Å². The van der Waals surface area contributed by atoms with Gasteiger partial charge in [0.05, 0.1) is 6.04 Å². The van der Waals surface area contributed by atoms with Crippen molar-refractivity contribution in [3.05, 3.63) is 93.5 Å². The molecule has 7 heteroatoms. The first-order valence-corrected chi connectivity index (χ1v) is 10.7. The lowest BCUT2D eigenvalue weighted by molar-refractivity contribution is 0.0972. The molecule has 1 aliphatic heterocycles. The molecule has 2 amide bonds. The van der Waals surface area contributed by atoms with Crippen LogP contribution in [0.5, 0.6) is 0 Å². The van der Waals surface area contributed by atoms with Gasteiger partial charge in [-0.05, 0) is 55.3 Å². The summed E-state index contributed by atoms with van der Waals surface area (Å²) in [6.45, 7) is 3.93. The van der Waals surface area contributed by atoms with Gasteiger partial charge in [-0.25, -0.2) is 10.6 Å². The number of nitrogens with one attached hydrogen (secondary N) is 3. The molecule has 1 unspecified atom stereocenters. The number of carbonyl (C=O) groups excluding carboxylic acids is 2. The molecule has 0 saturated heterocycles. The molecule has 160 valence electrons. The van der Waals surface area contributed by atoms with Gasteiger partial charge in [0, 0.05) is 27.8 Å². The fraction of sp³-hybridized carbons (Fsp3) is 0.167. The van der Waals surface area contributed by atoms with Gasteiger partial charge in [-0.1, -0.05) is 57.9 Å². The molecule has 3 aromatic carbocycles. The lowest BCUT2D eigenvalue weighted by atomic mass is 9.92. The molecular formula is C24H25BrN4O2. The summed E-state index contributed by atoms with van der Waals surface area (Å²) in [6, 6.07) is 21.2. The number of fused-ring (bicyclic) bond motifs is 1. The van der Waals surface area contributed by atoms with E-state index in [1.165, 1.54) is 0 Å². The predicted molar refractivity (Wildman–Crippen MR) is 128 cm³/mol. The second-order valence-electron chi connectivity index (χ2n) is 7.34. The molecule has 31 heavy (non-hydrogen) atoms. The summed E-state index contributed by atoms with van der Waals surface area (Å²) in [6.07, 6.45) is 0.513. The number of urea groups is 1. The molecular weight excluding hydrogens is 456 g/mol. The Labute approximate surface area is 190 Å². The van der Waals surface area contributed by atoms with Gasteiger partial charge in [0.1, 0.15) is 0 Å². The zero-order valence-corrected chi connectivity index (χ0v) is 19.0. The number of carbonyl (C=O) groups is 2. The minimum absolute atomic E-state index is 0.0699. The highest BCUT2D eigenvalue weighted by Gasteiger charge is 2.24. The molecule has 0 saturated carbocycles. The van der Waals surface area contributed by atoms with Crippen LogP contribution in [0.4, 0.5) is 16.2 Å². The van der Waals surface area contributed by atoms with E-state index in [2.05, 4.69) is 26.6 Å². The van der Waals surface area contributed by atoms with Crippen LogP contribution in [0.3, 0.4) is 0 Å². The Hall–Kier alpha value is -3.16.